The highest BCUT2D eigenvalue weighted by Gasteiger charge is 2.14. The summed E-state index contributed by atoms with van der Waals surface area (Å²) in [4.78, 5) is 0. The van der Waals surface area contributed by atoms with E-state index in [0.717, 1.165) is 37.6 Å². The molecule has 1 radical (unpaired) electrons. The summed E-state index contributed by atoms with van der Waals surface area (Å²) in [6, 6.07) is 16.8. The molecule has 0 amide bonds. The Morgan fingerprint density at radius 1 is 0.800 bits per heavy atom. The first kappa shape index (κ1) is 17.8. The molecule has 0 saturated heterocycles. The third-order valence-corrected chi connectivity index (χ3v) is 4.85. The van der Waals surface area contributed by atoms with Gasteiger partial charge in [0.05, 0.1) is 13.2 Å². The van der Waals surface area contributed by atoms with Crippen LogP contribution in [-0.2, 0) is 0 Å². The standard InChI is InChI=1S/C23H29O2/c1-2-3-17-24-22-13-9-20(10-14-22)21-11-15-23(16-12-21)25-18-19-7-5-4-6-8-19/h4,9-16,19H,2-3,5-8,17-18H2,1H3. The first-order valence-corrected chi connectivity index (χ1v) is 9.63. The van der Waals surface area contributed by atoms with Crippen LogP contribution in [0.25, 0.3) is 11.1 Å². The molecule has 1 fully saturated rings. The molecule has 1 aliphatic carbocycles. The Hall–Kier alpha value is -1.96. The smallest absolute Gasteiger partial charge is 0.119 e. The molecule has 3 rings (SSSR count). The molecule has 2 heteroatoms. The van der Waals surface area contributed by atoms with E-state index < -0.39 is 0 Å². The van der Waals surface area contributed by atoms with Crippen LogP contribution < -0.4 is 9.47 Å². The maximum atomic E-state index is 5.98. The van der Waals surface area contributed by atoms with Crippen molar-refractivity contribution in [3.05, 3.63) is 55.0 Å². The van der Waals surface area contributed by atoms with Crippen LogP contribution in [0.4, 0.5) is 0 Å². The zero-order chi connectivity index (χ0) is 17.3. The molecular formula is C23H29O2. The van der Waals surface area contributed by atoms with Gasteiger partial charge in [0.2, 0.25) is 0 Å². The summed E-state index contributed by atoms with van der Waals surface area (Å²) in [5.41, 5.74) is 2.41. The Bertz CT molecular complexity index is 610. The fourth-order valence-electron chi connectivity index (χ4n) is 3.20. The lowest BCUT2D eigenvalue weighted by Crippen LogP contribution is -2.15. The molecule has 1 aliphatic rings. The summed E-state index contributed by atoms with van der Waals surface area (Å²) >= 11 is 0. The Kier molecular flexibility index (Phi) is 6.79. The van der Waals surface area contributed by atoms with Crippen LogP contribution in [0.2, 0.25) is 0 Å². The third-order valence-electron chi connectivity index (χ3n) is 4.85. The Morgan fingerprint density at radius 2 is 1.36 bits per heavy atom. The van der Waals surface area contributed by atoms with Crippen molar-refractivity contribution in [1.29, 1.82) is 0 Å². The summed E-state index contributed by atoms with van der Waals surface area (Å²) in [6.07, 6.45) is 9.67. The van der Waals surface area contributed by atoms with E-state index in [-0.39, 0.29) is 0 Å². The zero-order valence-corrected chi connectivity index (χ0v) is 15.2. The molecule has 0 heterocycles. The van der Waals surface area contributed by atoms with Crippen molar-refractivity contribution in [1.82, 2.24) is 0 Å². The molecule has 0 aliphatic heterocycles. The molecule has 2 aromatic rings. The van der Waals surface area contributed by atoms with Crippen molar-refractivity contribution in [2.45, 2.75) is 45.4 Å². The van der Waals surface area contributed by atoms with Crippen molar-refractivity contribution in [2.75, 3.05) is 13.2 Å². The van der Waals surface area contributed by atoms with Gasteiger partial charge in [-0.25, -0.2) is 0 Å². The summed E-state index contributed by atoms with van der Waals surface area (Å²) in [6.45, 7) is 3.81. The predicted octanol–water partition coefficient (Wildman–Crippen LogP) is 6.31. The maximum Gasteiger partial charge on any atom is 0.119 e. The molecule has 2 aromatic carbocycles. The molecule has 1 saturated carbocycles. The second-order valence-corrected chi connectivity index (χ2v) is 6.87. The van der Waals surface area contributed by atoms with Gasteiger partial charge in [-0.3, -0.25) is 0 Å². The first-order valence-electron chi connectivity index (χ1n) is 9.63. The van der Waals surface area contributed by atoms with E-state index in [2.05, 4.69) is 61.9 Å². The van der Waals surface area contributed by atoms with Crippen molar-refractivity contribution in [3.63, 3.8) is 0 Å². The van der Waals surface area contributed by atoms with E-state index in [1.54, 1.807) is 0 Å². The second-order valence-electron chi connectivity index (χ2n) is 6.87. The molecule has 133 valence electrons. The van der Waals surface area contributed by atoms with Gasteiger partial charge in [-0.2, -0.15) is 0 Å². The number of hydrogen-bond donors (Lipinski definition) is 0. The molecule has 25 heavy (non-hydrogen) atoms. The van der Waals surface area contributed by atoms with Crippen molar-refractivity contribution in [2.24, 2.45) is 5.92 Å². The van der Waals surface area contributed by atoms with Crippen molar-refractivity contribution >= 4 is 0 Å². The Balaban J connectivity index is 1.52. The van der Waals surface area contributed by atoms with E-state index in [0.29, 0.717) is 5.92 Å². The van der Waals surface area contributed by atoms with Gasteiger partial charge in [0.25, 0.3) is 0 Å². The molecule has 0 atom stereocenters. The van der Waals surface area contributed by atoms with Crippen LogP contribution in [0.3, 0.4) is 0 Å². The maximum absolute atomic E-state index is 5.98. The lowest BCUT2D eigenvalue weighted by atomic mass is 9.90. The molecule has 0 N–H and O–H groups in total. The average molecular weight is 337 g/mol. The minimum absolute atomic E-state index is 0.713. The van der Waals surface area contributed by atoms with E-state index in [9.17, 15) is 0 Å². The molecule has 2 nitrogen and oxygen atoms in total. The lowest BCUT2D eigenvalue weighted by Gasteiger charge is -2.21. The minimum Gasteiger partial charge on any atom is -0.494 e. The van der Waals surface area contributed by atoms with E-state index in [1.165, 1.54) is 36.8 Å². The van der Waals surface area contributed by atoms with Gasteiger partial charge in [-0.15, -0.1) is 0 Å². The quantitative estimate of drug-likeness (QED) is 0.526. The van der Waals surface area contributed by atoms with Crippen LogP contribution in [0.1, 0.15) is 45.4 Å². The Morgan fingerprint density at radius 3 is 1.92 bits per heavy atom. The highest BCUT2D eigenvalue weighted by Crippen LogP contribution is 2.27. The SMILES string of the molecule is CCCCOc1ccc(-c2ccc(OCC3CC[CH]CC3)cc2)cc1. The van der Waals surface area contributed by atoms with Gasteiger partial charge in [0, 0.05) is 0 Å². The number of benzene rings is 2. The number of ether oxygens (including phenoxy) is 2. The van der Waals surface area contributed by atoms with E-state index >= 15 is 0 Å². The normalized spacial score (nSPS) is 15.1. The summed E-state index contributed by atoms with van der Waals surface area (Å²) in [7, 11) is 0. The average Bonchev–Trinajstić information content (AvgIpc) is 2.68. The van der Waals surface area contributed by atoms with Crippen molar-refractivity contribution < 1.29 is 9.47 Å². The number of rotatable bonds is 8. The van der Waals surface area contributed by atoms with Crippen LogP contribution in [0.15, 0.2) is 48.5 Å². The highest BCUT2D eigenvalue weighted by molar-refractivity contribution is 5.64. The third kappa shape index (κ3) is 5.52. The van der Waals surface area contributed by atoms with Gasteiger partial charge in [0.1, 0.15) is 11.5 Å². The molecule has 0 bridgehead atoms. The molecule has 0 aromatic heterocycles. The van der Waals surface area contributed by atoms with Crippen LogP contribution in [0, 0.1) is 12.3 Å². The molecular weight excluding hydrogens is 308 g/mol. The fourth-order valence-corrected chi connectivity index (χ4v) is 3.20. The molecule has 0 unspecified atom stereocenters. The highest BCUT2D eigenvalue weighted by atomic mass is 16.5. The molecule has 0 spiro atoms. The predicted molar refractivity (Wildman–Crippen MR) is 104 cm³/mol. The van der Waals surface area contributed by atoms with Crippen molar-refractivity contribution in [3.8, 4) is 22.6 Å². The number of unbranched alkanes of at least 4 members (excludes halogenated alkanes) is 1. The lowest BCUT2D eigenvalue weighted by molar-refractivity contribution is 0.221. The fraction of sp³-hybridized carbons (Fsp3) is 0.435. The topological polar surface area (TPSA) is 18.5 Å². The second kappa shape index (κ2) is 9.50. The van der Waals surface area contributed by atoms with Crippen LogP contribution >= 0.6 is 0 Å². The van der Waals surface area contributed by atoms with Crippen LogP contribution in [0.5, 0.6) is 11.5 Å². The largest absolute Gasteiger partial charge is 0.494 e. The van der Waals surface area contributed by atoms with Gasteiger partial charge in [0.15, 0.2) is 0 Å². The minimum atomic E-state index is 0.713. The Labute approximate surface area is 152 Å². The van der Waals surface area contributed by atoms with Gasteiger partial charge in [-0.1, -0.05) is 37.6 Å². The van der Waals surface area contributed by atoms with Gasteiger partial charge in [-0.05, 0) is 79.8 Å². The van der Waals surface area contributed by atoms with E-state index in [4.69, 9.17) is 9.47 Å². The zero-order valence-electron chi connectivity index (χ0n) is 15.2. The monoisotopic (exact) mass is 337 g/mol. The van der Waals surface area contributed by atoms with Gasteiger partial charge >= 0.3 is 0 Å². The van der Waals surface area contributed by atoms with E-state index in [1.807, 2.05) is 0 Å². The number of hydrogen-bond acceptors (Lipinski definition) is 2. The van der Waals surface area contributed by atoms with Crippen LogP contribution in [-0.4, -0.2) is 13.2 Å². The summed E-state index contributed by atoms with van der Waals surface area (Å²) in [5, 5.41) is 0. The first-order chi connectivity index (χ1) is 12.3. The summed E-state index contributed by atoms with van der Waals surface area (Å²) in [5.74, 6) is 2.63. The summed E-state index contributed by atoms with van der Waals surface area (Å²) < 4.78 is 11.7. The van der Waals surface area contributed by atoms with Gasteiger partial charge < -0.3 is 9.47 Å².